The Morgan fingerprint density at radius 1 is 0.935 bits per heavy atom. The van der Waals surface area contributed by atoms with Crippen LogP contribution in [-0.4, -0.2) is 54.1 Å². The van der Waals surface area contributed by atoms with Gasteiger partial charge in [-0.25, -0.2) is 4.79 Å². The molecule has 2 aliphatic rings. The monoisotopic (exact) mass is 441 g/mol. The van der Waals surface area contributed by atoms with Gasteiger partial charge in [-0.05, 0) is 55.3 Å². The summed E-state index contributed by atoms with van der Waals surface area (Å²) in [6, 6.07) is 12.4. The number of carbonyl (C=O) groups is 2. The summed E-state index contributed by atoms with van der Waals surface area (Å²) in [6.07, 6.45) is 6.61. The van der Waals surface area contributed by atoms with Gasteiger partial charge in [0, 0.05) is 48.5 Å². The maximum atomic E-state index is 12.5. The maximum Gasteiger partial charge on any atom is 0.337 e. The quantitative estimate of drug-likeness (QED) is 0.700. The van der Waals surface area contributed by atoms with Gasteiger partial charge < -0.3 is 15.3 Å². The van der Waals surface area contributed by atoms with Gasteiger partial charge in [-0.2, -0.15) is 0 Å². The lowest BCUT2D eigenvalue weighted by Crippen LogP contribution is -2.50. The van der Waals surface area contributed by atoms with Gasteiger partial charge in [0.05, 0.1) is 11.3 Å². The van der Waals surface area contributed by atoms with E-state index in [1.165, 1.54) is 32.1 Å². The number of benzene rings is 2. The molecule has 0 unspecified atom stereocenters. The van der Waals surface area contributed by atoms with Crippen molar-refractivity contribution in [1.82, 2.24) is 4.90 Å². The van der Waals surface area contributed by atoms with Gasteiger partial charge in [0.2, 0.25) is 0 Å². The van der Waals surface area contributed by atoms with Crippen LogP contribution in [0.15, 0.2) is 42.5 Å². The molecule has 6 nitrogen and oxygen atoms in total. The Bertz CT molecular complexity index is 934. The lowest BCUT2D eigenvalue weighted by atomic mass is 9.94. The second kappa shape index (κ2) is 9.71. The number of carboxylic acids is 1. The molecule has 164 valence electrons. The Labute approximate surface area is 187 Å². The molecule has 2 fully saturated rings. The molecule has 1 heterocycles. The molecule has 2 aromatic rings. The van der Waals surface area contributed by atoms with E-state index in [0.717, 1.165) is 31.9 Å². The number of aromatic carboxylic acids is 1. The first-order valence-electron chi connectivity index (χ1n) is 10.9. The van der Waals surface area contributed by atoms with Gasteiger partial charge in [-0.3, -0.25) is 9.69 Å². The van der Waals surface area contributed by atoms with Crippen molar-refractivity contribution < 1.29 is 14.7 Å². The summed E-state index contributed by atoms with van der Waals surface area (Å²) in [5.74, 6) is -1.43. The van der Waals surface area contributed by atoms with Gasteiger partial charge in [0.25, 0.3) is 5.91 Å². The predicted octanol–water partition coefficient (Wildman–Crippen LogP) is 4.75. The minimum atomic E-state index is -1.06. The zero-order valence-corrected chi connectivity index (χ0v) is 18.3. The summed E-state index contributed by atoms with van der Waals surface area (Å²) in [6.45, 7) is 3.77. The van der Waals surface area contributed by atoms with Crippen molar-refractivity contribution >= 4 is 34.9 Å². The third kappa shape index (κ3) is 5.20. The number of hydrogen-bond acceptors (Lipinski definition) is 4. The Morgan fingerprint density at radius 2 is 1.61 bits per heavy atom. The Balaban J connectivity index is 1.44. The van der Waals surface area contributed by atoms with Gasteiger partial charge >= 0.3 is 5.97 Å². The fourth-order valence-corrected chi connectivity index (χ4v) is 4.73. The minimum absolute atomic E-state index is 0.0922. The average molecular weight is 442 g/mol. The predicted molar refractivity (Wildman–Crippen MR) is 123 cm³/mol. The molecule has 2 N–H and O–H groups in total. The van der Waals surface area contributed by atoms with Crippen molar-refractivity contribution in [1.29, 1.82) is 0 Å². The smallest absolute Gasteiger partial charge is 0.337 e. The molecule has 0 radical (unpaired) electrons. The fourth-order valence-electron chi connectivity index (χ4n) is 4.60. The van der Waals surface area contributed by atoms with E-state index in [2.05, 4.69) is 15.1 Å². The van der Waals surface area contributed by atoms with Crippen LogP contribution in [0.2, 0.25) is 5.02 Å². The first-order valence-corrected chi connectivity index (χ1v) is 11.3. The SMILES string of the molecule is O=C(Nc1ccc(N2CCN(C3CCCCC3)CC2)cc1C(=O)O)c1ccc(Cl)cc1. The van der Waals surface area contributed by atoms with Crippen molar-refractivity contribution in [3.63, 3.8) is 0 Å². The summed E-state index contributed by atoms with van der Waals surface area (Å²) in [4.78, 5) is 29.2. The third-order valence-electron chi connectivity index (χ3n) is 6.36. The molecule has 4 rings (SSSR count). The van der Waals surface area contributed by atoms with E-state index in [-0.39, 0.29) is 17.2 Å². The number of piperazine rings is 1. The van der Waals surface area contributed by atoms with Gasteiger partial charge in [0.1, 0.15) is 0 Å². The molecule has 1 aliphatic carbocycles. The maximum absolute atomic E-state index is 12.5. The Hall–Kier alpha value is -2.57. The van der Waals surface area contributed by atoms with Crippen LogP contribution in [0.5, 0.6) is 0 Å². The normalized spacial score (nSPS) is 18.0. The van der Waals surface area contributed by atoms with Crippen LogP contribution in [-0.2, 0) is 0 Å². The van der Waals surface area contributed by atoms with Crippen LogP contribution in [0.4, 0.5) is 11.4 Å². The van der Waals surface area contributed by atoms with Crippen molar-refractivity contribution in [2.45, 2.75) is 38.1 Å². The highest BCUT2D eigenvalue weighted by molar-refractivity contribution is 6.30. The number of anilines is 2. The molecule has 1 aliphatic heterocycles. The van der Waals surface area contributed by atoms with E-state index in [9.17, 15) is 14.7 Å². The van der Waals surface area contributed by atoms with Crippen LogP contribution in [0, 0.1) is 0 Å². The first kappa shape index (κ1) is 21.7. The highest BCUT2D eigenvalue weighted by atomic mass is 35.5. The van der Waals surface area contributed by atoms with Gasteiger partial charge in [-0.15, -0.1) is 0 Å². The molecular weight excluding hydrogens is 414 g/mol. The lowest BCUT2D eigenvalue weighted by Gasteiger charge is -2.41. The molecule has 1 saturated heterocycles. The summed E-state index contributed by atoms with van der Waals surface area (Å²) in [7, 11) is 0. The molecule has 1 saturated carbocycles. The van der Waals surface area contributed by atoms with E-state index < -0.39 is 5.97 Å². The van der Waals surface area contributed by atoms with Crippen LogP contribution in [0.1, 0.15) is 52.8 Å². The molecule has 0 spiro atoms. The Morgan fingerprint density at radius 3 is 2.26 bits per heavy atom. The highest BCUT2D eigenvalue weighted by Gasteiger charge is 2.26. The second-order valence-corrected chi connectivity index (χ2v) is 8.75. The number of rotatable bonds is 5. The van der Waals surface area contributed by atoms with Crippen LogP contribution >= 0.6 is 11.6 Å². The molecule has 1 amide bonds. The molecular formula is C24H28ClN3O3. The van der Waals surface area contributed by atoms with Crippen molar-refractivity contribution in [2.24, 2.45) is 0 Å². The Kier molecular flexibility index (Phi) is 6.78. The summed E-state index contributed by atoms with van der Waals surface area (Å²) < 4.78 is 0. The van der Waals surface area contributed by atoms with Crippen LogP contribution < -0.4 is 10.2 Å². The number of halogens is 1. The zero-order chi connectivity index (χ0) is 21.8. The van der Waals surface area contributed by atoms with Crippen LogP contribution in [0.25, 0.3) is 0 Å². The van der Waals surface area contributed by atoms with Gasteiger partial charge in [-0.1, -0.05) is 30.9 Å². The summed E-state index contributed by atoms with van der Waals surface area (Å²) in [5.41, 5.74) is 1.68. The number of hydrogen-bond donors (Lipinski definition) is 2. The van der Waals surface area contributed by atoms with Crippen molar-refractivity contribution in [2.75, 3.05) is 36.4 Å². The summed E-state index contributed by atoms with van der Waals surface area (Å²) in [5, 5.41) is 13.0. The highest BCUT2D eigenvalue weighted by Crippen LogP contribution is 2.28. The molecule has 2 aromatic carbocycles. The fraction of sp³-hybridized carbons (Fsp3) is 0.417. The zero-order valence-electron chi connectivity index (χ0n) is 17.5. The summed E-state index contributed by atoms with van der Waals surface area (Å²) >= 11 is 5.87. The standard InChI is InChI=1S/C24H28ClN3O3/c25-18-8-6-17(7-9-18)23(29)26-22-11-10-20(16-21(22)24(30)31)28-14-12-27(13-15-28)19-4-2-1-3-5-19/h6-11,16,19H,1-5,12-15H2,(H,26,29)(H,30,31). The molecule has 7 heteroatoms. The van der Waals surface area contributed by atoms with E-state index >= 15 is 0 Å². The second-order valence-electron chi connectivity index (χ2n) is 8.31. The van der Waals surface area contributed by atoms with E-state index in [1.807, 2.05) is 6.07 Å². The topological polar surface area (TPSA) is 72.9 Å². The lowest BCUT2D eigenvalue weighted by molar-refractivity contribution is 0.0698. The molecule has 0 atom stereocenters. The van der Waals surface area contributed by atoms with Crippen LogP contribution in [0.3, 0.4) is 0 Å². The number of nitrogens with zero attached hydrogens (tertiary/aromatic N) is 2. The largest absolute Gasteiger partial charge is 0.478 e. The minimum Gasteiger partial charge on any atom is -0.478 e. The number of amides is 1. The number of carbonyl (C=O) groups excluding carboxylic acids is 1. The first-order chi connectivity index (χ1) is 15.0. The molecule has 0 aromatic heterocycles. The molecule has 31 heavy (non-hydrogen) atoms. The number of carboxylic acid groups (broad SMARTS) is 1. The third-order valence-corrected chi connectivity index (χ3v) is 6.61. The van der Waals surface area contributed by atoms with Crippen molar-refractivity contribution in [3.8, 4) is 0 Å². The van der Waals surface area contributed by atoms with Crippen molar-refractivity contribution in [3.05, 3.63) is 58.6 Å². The molecule has 0 bridgehead atoms. The van der Waals surface area contributed by atoms with E-state index in [1.54, 1.807) is 36.4 Å². The number of nitrogens with one attached hydrogen (secondary N) is 1. The van der Waals surface area contributed by atoms with E-state index in [4.69, 9.17) is 11.6 Å². The van der Waals surface area contributed by atoms with Gasteiger partial charge in [0.15, 0.2) is 0 Å². The average Bonchev–Trinajstić information content (AvgIpc) is 2.80. The van der Waals surface area contributed by atoms with E-state index in [0.29, 0.717) is 16.6 Å².